The fourth-order valence-electron chi connectivity index (χ4n) is 0.837. The molecule has 0 atom stereocenters. The van der Waals surface area contributed by atoms with Crippen LogP contribution in [0.4, 0.5) is 4.39 Å². The molecule has 0 nitrogen and oxygen atoms in total. The smallest absolute Gasteiger partial charge is 0.123 e. The van der Waals surface area contributed by atoms with Gasteiger partial charge in [0, 0.05) is 10.4 Å². The molecule has 0 aliphatic heterocycles. The van der Waals surface area contributed by atoms with Crippen LogP contribution in [-0.2, 0) is 6.42 Å². The second-order valence-electron chi connectivity index (χ2n) is 2.17. The van der Waals surface area contributed by atoms with Crippen molar-refractivity contribution in [3.63, 3.8) is 0 Å². The third-order valence-electron chi connectivity index (χ3n) is 1.37. The van der Waals surface area contributed by atoms with Crippen molar-refractivity contribution in [1.82, 2.24) is 0 Å². The average Bonchev–Trinajstić information content (AvgIpc) is 1.98. The second-order valence-corrected chi connectivity index (χ2v) is 3.41. The number of aryl methyl sites for hydroxylation is 1. The fourth-order valence-corrected chi connectivity index (χ4v) is 1.49. The van der Waals surface area contributed by atoms with Crippen LogP contribution in [0.3, 0.4) is 0 Å². The Morgan fingerprint density at radius 3 is 2.82 bits per heavy atom. The van der Waals surface area contributed by atoms with Crippen LogP contribution in [0.5, 0.6) is 0 Å². The van der Waals surface area contributed by atoms with E-state index in [1.54, 1.807) is 6.07 Å². The molecule has 0 aromatic heterocycles. The summed E-state index contributed by atoms with van der Waals surface area (Å²) in [6.45, 7) is 0. The number of rotatable bonds is 2. The molecule has 0 aliphatic rings. The molecule has 0 amide bonds. The lowest BCUT2D eigenvalue weighted by atomic mass is 10.2. The Hall–Kier alpha value is -0.0800. The Labute approximate surface area is 78.5 Å². The van der Waals surface area contributed by atoms with Gasteiger partial charge in [0.1, 0.15) is 5.82 Å². The summed E-state index contributed by atoms with van der Waals surface area (Å²) in [5, 5.41) is 0. The molecule has 0 radical (unpaired) electrons. The van der Waals surface area contributed by atoms with E-state index in [9.17, 15) is 4.39 Å². The van der Waals surface area contributed by atoms with Crippen LogP contribution in [0, 0.1) is 5.82 Å². The van der Waals surface area contributed by atoms with Crippen molar-refractivity contribution >= 4 is 27.5 Å². The summed E-state index contributed by atoms with van der Waals surface area (Å²) >= 11 is 8.82. The highest BCUT2D eigenvalue weighted by atomic mass is 79.9. The molecule has 1 aromatic carbocycles. The minimum absolute atomic E-state index is 0.215. The van der Waals surface area contributed by atoms with Crippen molar-refractivity contribution in [2.24, 2.45) is 0 Å². The van der Waals surface area contributed by atoms with E-state index in [1.807, 2.05) is 0 Å². The van der Waals surface area contributed by atoms with E-state index in [4.69, 9.17) is 11.6 Å². The lowest BCUT2D eigenvalue weighted by molar-refractivity contribution is 0.625. The van der Waals surface area contributed by atoms with E-state index in [0.717, 1.165) is 10.0 Å². The molecule has 0 fully saturated rings. The second kappa shape index (κ2) is 4.07. The first-order valence-electron chi connectivity index (χ1n) is 3.24. The largest absolute Gasteiger partial charge is 0.207 e. The molecule has 11 heavy (non-hydrogen) atoms. The van der Waals surface area contributed by atoms with E-state index in [-0.39, 0.29) is 5.82 Å². The number of benzene rings is 1. The van der Waals surface area contributed by atoms with Crippen molar-refractivity contribution in [2.45, 2.75) is 6.42 Å². The molecule has 1 rings (SSSR count). The maximum atomic E-state index is 12.6. The molecule has 0 heterocycles. The highest BCUT2D eigenvalue weighted by Gasteiger charge is 1.99. The maximum Gasteiger partial charge on any atom is 0.123 e. The van der Waals surface area contributed by atoms with Crippen LogP contribution in [0.2, 0.25) is 0 Å². The molecule has 0 saturated heterocycles. The molecular formula is C8H7BrClF. The van der Waals surface area contributed by atoms with Crippen LogP contribution in [0.15, 0.2) is 22.7 Å². The monoisotopic (exact) mass is 236 g/mol. The number of alkyl halides is 1. The summed E-state index contributed by atoms with van der Waals surface area (Å²) in [6.07, 6.45) is 0.694. The van der Waals surface area contributed by atoms with Gasteiger partial charge < -0.3 is 0 Å². The Morgan fingerprint density at radius 2 is 2.18 bits per heavy atom. The van der Waals surface area contributed by atoms with Crippen molar-refractivity contribution in [3.8, 4) is 0 Å². The zero-order valence-corrected chi connectivity index (χ0v) is 8.12. The molecule has 0 spiro atoms. The van der Waals surface area contributed by atoms with Gasteiger partial charge in [-0.2, -0.15) is 0 Å². The molecule has 3 heteroatoms. The van der Waals surface area contributed by atoms with Gasteiger partial charge in [0.25, 0.3) is 0 Å². The van der Waals surface area contributed by atoms with Crippen LogP contribution in [0.25, 0.3) is 0 Å². The summed E-state index contributed by atoms with van der Waals surface area (Å²) in [6, 6.07) is 4.60. The first-order chi connectivity index (χ1) is 5.24. The molecule has 60 valence electrons. The standard InChI is InChI=1S/C8H7BrClF/c9-8-2-1-7(11)5-6(8)3-4-10/h1-2,5H,3-4H2. The van der Waals surface area contributed by atoms with Crippen LogP contribution in [0.1, 0.15) is 5.56 Å². The Bertz CT molecular complexity index is 250. The van der Waals surface area contributed by atoms with E-state index < -0.39 is 0 Å². The van der Waals surface area contributed by atoms with Gasteiger partial charge in [-0.15, -0.1) is 11.6 Å². The minimum Gasteiger partial charge on any atom is -0.207 e. The van der Waals surface area contributed by atoms with Gasteiger partial charge in [0.05, 0.1) is 0 Å². The van der Waals surface area contributed by atoms with E-state index in [2.05, 4.69) is 15.9 Å². The molecule has 1 aromatic rings. The number of hydrogen-bond donors (Lipinski definition) is 0. The maximum absolute atomic E-state index is 12.6. The predicted molar refractivity (Wildman–Crippen MR) is 48.5 cm³/mol. The lowest BCUT2D eigenvalue weighted by Crippen LogP contribution is -1.88. The Kier molecular flexibility index (Phi) is 3.34. The third-order valence-corrected chi connectivity index (χ3v) is 2.33. The summed E-state index contributed by atoms with van der Waals surface area (Å²) in [4.78, 5) is 0. The summed E-state index contributed by atoms with van der Waals surface area (Å²) < 4.78 is 13.5. The predicted octanol–water partition coefficient (Wildman–Crippen LogP) is 3.37. The lowest BCUT2D eigenvalue weighted by Gasteiger charge is -2.00. The van der Waals surface area contributed by atoms with Gasteiger partial charge >= 0.3 is 0 Å². The fraction of sp³-hybridized carbons (Fsp3) is 0.250. The van der Waals surface area contributed by atoms with Crippen molar-refractivity contribution < 1.29 is 4.39 Å². The van der Waals surface area contributed by atoms with Crippen LogP contribution < -0.4 is 0 Å². The van der Waals surface area contributed by atoms with Gasteiger partial charge in [-0.3, -0.25) is 0 Å². The van der Waals surface area contributed by atoms with Crippen molar-refractivity contribution in [1.29, 1.82) is 0 Å². The SMILES string of the molecule is Fc1ccc(Br)c(CCCl)c1. The number of hydrogen-bond acceptors (Lipinski definition) is 0. The Balaban J connectivity index is 2.93. The zero-order valence-electron chi connectivity index (χ0n) is 5.78. The summed E-state index contributed by atoms with van der Waals surface area (Å²) in [5.41, 5.74) is 0.917. The van der Waals surface area contributed by atoms with Gasteiger partial charge in [-0.05, 0) is 30.2 Å². The van der Waals surface area contributed by atoms with Crippen molar-refractivity contribution in [3.05, 3.63) is 34.1 Å². The minimum atomic E-state index is -0.215. The quantitative estimate of drug-likeness (QED) is 0.692. The molecule has 0 aliphatic carbocycles. The molecule has 0 unspecified atom stereocenters. The molecule has 0 saturated carbocycles. The average molecular weight is 237 g/mol. The first kappa shape index (κ1) is 9.01. The topological polar surface area (TPSA) is 0 Å². The summed E-state index contributed by atoms with van der Waals surface area (Å²) in [5.74, 6) is 0.301. The van der Waals surface area contributed by atoms with E-state index in [1.165, 1.54) is 12.1 Å². The van der Waals surface area contributed by atoms with E-state index >= 15 is 0 Å². The normalized spacial score (nSPS) is 10.1. The van der Waals surface area contributed by atoms with Gasteiger partial charge in [0.15, 0.2) is 0 Å². The van der Waals surface area contributed by atoms with E-state index in [0.29, 0.717) is 12.3 Å². The van der Waals surface area contributed by atoms with Crippen molar-refractivity contribution in [2.75, 3.05) is 5.88 Å². The molecule has 0 bridgehead atoms. The van der Waals surface area contributed by atoms with Crippen LogP contribution >= 0.6 is 27.5 Å². The third kappa shape index (κ3) is 2.46. The van der Waals surface area contributed by atoms with Gasteiger partial charge in [0.2, 0.25) is 0 Å². The Morgan fingerprint density at radius 1 is 1.45 bits per heavy atom. The summed E-state index contributed by atoms with van der Waals surface area (Å²) in [7, 11) is 0. The number of halogens is 3. The van der Waals surface area contributed by atoms with Gasteiger partial charge in [-0.1, -0.05) is 15.9 Å². The molecule has 0 N–H and O–H groups in total. The highest BCUT2D eigenvalue weighted by molar-refractivity contribution is 9.10. The zero-order chi connectivity index (χ0) is 8.27. The highest BCUT2D eigenvalue weighted by Crippen LogP contribution is 2.18. The first-order valence-corrected chi connectivity index (χ1v) is 4.56. The van der Waals surface area contributed by atoms with Gasteiger partial charge in [-0.25, -0.2) is 4.39 Å². The van der Waals surface area contributed by atoms with Crippen LogP contribution in [-0.4, -0.2) is 5.88 Å². The molecular weight excluding hydrogens is 230 g/mol.